The maximum absolute atomic E-state index is 5.16. The molecular weight excluding hydrogens is 212 g/mol. The van der Waals surface area contributed by atoms with Crippen LogP contribution in [0.15, 0.2) is 30.5 Å². The first-order valence-corrected chi connectivity index (χ1v) is 5.95. The average Bonchev–Trinajstić information content (AvgIpc) is 2.36. The number of anilines is 1. The first-order chi connectivity index (χ1) is 8.35. The van der Waals surface area contributed by atoms with Crippen molar-refractivity contribution < 1.29 is 4.74 Å². The molecule has 1 heterocycles. The monoisotopic (exact) mass is 230 g/mol. The number of benzene rings is 1. The lowest BCUT2D eigenvalue weighted by atomic mass is 10.1. The van der Waals surface area contributed by atoms with Crippen LogP contribution >= 0.6 is 0 Å². The Morgan fingerprint density at radius 3 is 2.94 bits per heavy atom. The molecule has 90 valence electrons. The van der Waals surface area contributed by atoms with Gasteiger partial charge in [-0.2, -0.15) is 0 Å². The Balaban J connectivity index is 2.40. The fourth-order valence-corrected chi connectivity index (χ4v) is 1.86. The molecule has 0 radical (unpaired) electrons. The number of hydrogen-bond donors (Lipinski definition) is 1. The second-order valence-corrected chi connectivity index (χ2v) is 4.07. The number of rotatable bonds is 5. The molecule has 17 heavy (non-hydrogen) atoms. The molecular formula is C14H18N2O. The van der Waals surface area contributed by atoms with Gasteiger partial charge in [0, 0.05) is 30.9 Å². The minimum absolute atomic E-state index is 0.637. The van der Waals surface area contributed by atoms with Gasteiger partial charge in [-0.15, -0.1) is 0 Å². The van der Waals surface area contributed by atoms with Crippen LogP contribution in [0.3, 0.4) is 0 Å². The van der Waals surface area contributed by atoms with Crippen molar-refractivity contribution in [1.29, 1.82) is 0 Å². The van der Waals surface area contributed by atoms with Crippen LogP contribution in [0.25, 0.3) is 10.9 Å². The molecule has 1 N–H and O–H groups in total. The average molecular weight is 230 g/mol. The smallest absolute Gasteiger partial charge is 0.0722 e. The molecule has 2 aromatic rings. The van der Waals surface area contributed by atoms with Gasteiger partial charge in [0.1, 0.15) is 0 Å². The highest BCUT2D eigenvalue weighted by atomic mass is 16.5. The summed E-state index contributed by atoms with van der Waals surface area (Å²) in [4.78, 5) is 4.37. The zero-order valence-electron chi connectivity index (χ0n) is 10.4. The van der Waals surface area contributed by atoms with E-state index in [0.29, 0.717) is 6.61 Å². The Morgan fingerprint density at radius 2 is 2.18 bits per heavy atom. The van der Waals surface area contributed by atoms with Gasteiger partial charge in [0.05, 0.1) is 12.1 Å². The minimum atomic E-state index is 0.637. The van der Waals surface area contributed by atoms with Gasteiger partial charge in [0.2, 0.25) is 0 Å². The maximum atomic E-state index is 5.16. The Labute approximate surface area is 102 Å². The van der Waals surface area contributed by atoms with Crippen LogP contribution < -0.4 is 5.32 Å². The number of nitrogens with one attached hydrogen (secondary N) is 1. The highest BCUT2D eigenvalue weighted by Gasteiger charge is 2.02. The second kappa shape index (κ2) is 5.64. The lowest BCUT2D eigenvalue weighted by Crippen LogP contribution is -2.01. The van der Waals surface area contributed by atoms with E-state index in [-0.39, 0.29) is 0 Å². The minimum Gasteiger partial charge on any atom is -0.384 e. The van der Waals surface area contributed by atoms with Crippen molar-refractivity contribution in [3.63, 3.8) is 0 Å². The summed E-state index contributed by atoms with van der Waals surface area (Å²) < 4.78 is 5.16. The van der Waals surface area contributed by atoms with Crippen molar-refractivity contribution in [1.82, 2.24) is 4.98 Å². The van der Waals surface area contributed by atoms with Crippen LogP contribution in [0.5, 0.6) is 0 Å². The Kier molecular flexibility index (Phi) is 3.94. The van der Waals surface area contributed by atoms with E-state index in [1.165, 1.54) is 5.56 Å². The van der Waals surface area contributed by atoms with E-state index in [2.05, 4.69) is 29.4 Å². The summed E-state index contributed by atoms with van der Waals surface area (Å²) in [6.07, 6.45) is 2.96. The van der Waals surface area contributed by atoms with E-state index in [0.717, 1.165) is 29.6 Å². The summed E-state index contributed by atoms with van der Waals surface area (Å²) in [6.45, 7) is 3.78. The van der Waals surface area contributed by atoms with Crippen molar-refractivity contribution in [3.8, 4) is 0 Å². The molecule has 0 saturated carbocycles. The van der Waals surface area contributed by atoms with Gasteiger partial charge in [-0.1, -0.05) is 13.0 Å². The fourth-order valence-electron chi connectivity index (χ4n) is 1.86. The summed E-state index contributed by atoms with van der Waals surface area (Å²) in [5, 5.41) is 4.59. The van der Waals surface area contributed by atoms with Crippen LogP contribution in [0, 0.1) is 0 Å². The van der Waals surface area contributed by atoms with Crippen LogP contribution in [0.1, 0.15) is 18.9 Å². The molecule has 0 aliphatic heterocycles. The topological polar surface area (TPSA) is 34.2 Å². The SMILES string of the molecule is CCCNc1ccnc2ccc(COC)cc12. The van der Waals surface area contributed by atoms with Gasteiger partial charge in [-0.05, 0) is 30.2 Å². The number of fused-ring (bicyclic) bond motifs is 1. The molecule has 0 spiro atoms. The standard InChI is InChI=1S/C14H18N2O/c1-3-7-15-14-6-8-16-13-5-4-11(10-17-2)9-12(13)14/h4-6,8-9H,3,7,10H2,1-2H3,(H,15,16). The second-order valence-electron chi connectivity index (χ2n) is 4.07. The summed E-state index contributed by atoms with van der Waals surface area (Å²) in [5.41, 5.74) is 3.34. The molecule has 3 nitrogen and oxygen atoms in total. The zero-order chi connectivity index (χ0) is 12.1. The van der Waals surface area contributed by atoms with E-state index < -0.39 is 0 Å². The molecule has 0 atom stereocenters. The van der Waals surface area contributed by atoms with Crippen LogP contribution in [0.2, 0.25) is 0 Å². The quantitative estimate of drug-likeness (QED) is 0.856. The van der Waals surface area contributed by atoms with Crippen molar-refractivity contribution in [2.45, 2.75) is 20.0 Å². The molecule has 3 heteroatoms. The van der Waals surface area contributed by atoms with Crippen LogP contribution in [-0.2, 0) is 11.3 Å². The third-order valence-electron chi connectivity index (χ3n) is 2.68. The van der Waals surface area contributed by atoms with Crippen molar-refractivity contribution in [3.05, 3.63) is 36.0 Å². The molecule has 0 amide bonds. The van der Waals surface area contributed by atoms with E-state index >= 15 is 0 Å². The molecule has 0 fully saturated rings. The summed E-state index contributed by atoms with van der Waals surface area (Å²) >= 11 is 0. The lowest BCUT2D eigenvalue weighted by molar-refractivity contribution is 0.185. The number of nitrogens with zero attached hydrogens (tertiary/aromatic N) is 1. The van der Waals surface area contributed by atoms with Gasteiger partial charge < -0.3 is 10.1 Å². The van der Waals surface area contributed by atoms with Gasteiger partial charge in [0.15, 0.2) is 0 Å². The number of ether oxygens (including phenoxy) is 1. The van der Waals surface area contributed by atoms with E-state index in [4.69, 9.17) is 4.74 Å². The zero-order valence-corrected chi connectivity index (χ0v) is 10.4. The van der Waals surface area contributed by atoms with Gasteiger partial charge in [-0.3, -0.25) is 4.98 Å². The van der Waals surface area contributed by atoms with Crippen molar-refractivity contribution in [2.75, 3.05) is 19.0 Å². The number of methoxy groups -OCH3 is 1. The largest absolute Gasteiger partial charge is 0.384 e. The Hall–Kier alpha value is -1.61. The first kappa shape index (κ1) is 11.9. The predicted molar refractivity (Wildman–Crippen MR) is 71.2 cm³/mol. The summed E-state index contributed by atoms with van der Waals surface area (Å²) in [6, 6.07) is 8.27. The highest BCUT2D eigenvalue weighted by molar-refractivity contribution is 5.91. The molecule has 1 aromatic heterocycles. The molecule has 1 aromatic carbocycles. The molecule has 0 bridgehead atoms. The highest BCUT2D eigenvalue weighted by Crippen LogP contribution is 2.23. The summed E-state index contributed by atoms with van der Waals surface area (Å²) in [7, 11) is 1.71. The third kappa shape index (κ3) is 2.74. The van der Waals surface area contributed by atoms with Crippen LogP contribution in [0.4, 0.5) is 5.69 Å². The normalized spacial score (nSPS) is 10.7. The molecule has 2 rings (SSSR count). The lowest BCUT2D eigenvalue weighted by Gasteiger charge is -2.09. The van der Waals surface area contributed by atoms with Crippen molar-refractivity contribution >= 4 is 16.6 Å². The summed E-state index contributed by atoms with van der Waals surface area (Å²) in [5.74, 6) is 0. The van der Waals surface area contributed by atoms with Crippen molar-refractivity contribution in [2.24, 2.45) is 0 Å². The van der Waals surface area contributed by atoms with Crippen LogP contribution in [-0.4, -0.2) is 18.6 Å². The molecule has 0 aliphatic rings. The Bertz CT molecular complexity index is 497. The molecule has 0 aliphatic carbocycles. The molecule has 0 unspecified atom stereocenters. The molecule has 0 saturated heterocycles. The first-order valence-electron chi connectivity index (χ1n) is 5.95. The van der Waals surface area contributed by atoms with Gasteiger partial charge in [-0.25, -0.2) is 0 Å². The third-order valence-corrected chi connectivity index (χ3v) is 2.68. The van der Waals surface area contributed by atoms with E-state index in [1.807, 2.05) is 18.3 Å². The number of aromatic nitrogens is 1. The van der Waals surface area contributed by atoms with E-state index in [9.17, 15) is 0 Å². The Morgan fingerprint density at radius 1 is 1.29 bits per heavy atom. The van der Waals surface area contributed by atoms with Gasteiger partial charge in [0.25, 0.3) is 0 Å². The van der Waals surface area contributed by atoms with E-state index in [1.54, 1.807) is 7.11 Å². The van der Waals surface area contributed by atoms with Gasteiger partial charge >= 0.3 is 0 Å². The predicted octanol–water partition coefficient (Wildman–Crippen LogP) is 3.20. The number of pyridine rings is 1. The number of hydrogen-bond acceptors (Lipinski definition) is 3. The fraction of sp³-hybridized carbons (Fsp3) is 0.357. The maximum Gasteiger partial charge on any atom is 0.0722 e.